The van der Waals surface area contributed by atoms with E-state index >= 15 is 0 Å². The van der Waals surface area contributed by atoms with Gasteiger partial charge >= 0.3 is 0 Å². The van der Waals surface area contributed by atoms with E-state index in [4.69, 9.17) is 11.6 Å². The van der Waals surface area contributed by atoms with Crippen LogP contribution in [0.4, 0.5) is 8.78 Å². The molecule has 6 heteroatoms. The van der Waals surface area contributed by atoms with Gasteiger partial charge in [0, 0.05) is 31.7 Å². The maximum atomic E-state index is 13.9. The summed E-state index contributed by atoms with van der Waals surface area (Å²) < 4.78 is 27.7. The van der Waals surface area contributed by atoms with Crippen molar-refractivity contribution in [1.29, 1.82) is 0 Å². The van der Waals surface area contributed by atoms with Gasteiger partial charge in [-0.2, -0.15) is 0 Å². The number of hydrogen-bond donors (Lipinski definition) is 2. The van der Waals surface area contributed by atoms with Crippen molar-refractivity contribution in [1.82, 2.24) is 10.2 Å². The van der Waals surface area contributed by atoms with E-state index in [1.807, 2.05) is 4.90 Å². The number of nitrogens with one attached hydrogen (secondary N) is 1. The molecular formula is C12H15ClF2N2O. The molecule has 3 nitrogen and oxygen atoms in total. The summed E-state index contributed by atoms with van der Waals surface area (Å²) >= 11 is 5.67. The molecule has 1 aliphatic heterocycles. The Kier molecular flexibility index (Phi) is 4.50. The van der Waals surface area contributed by atoms with Crippen molar-refractivity contribution in [2.45, 2.75) is 6.04 Å². The minimum Gasteiger partial charge on any atom is -0.394 e. The van der Waals surface area contributed by atoms with Crippen LogP contribution < -0.4 is 5.32 Å². The molecule has 1 fully saturated rings. The van der Waals surface area contributed by atoms with Crippen LogP contribution in [-0.4, -0.2) is 42.8 Å². The second kappa shape index (κ2) is 5.93. The van der Waals surface area contributed by atoms with Gasteiger partial charge < -0.3 is 10.4 Å². The van der Waals surface area contributed by atoms with E-state index in [2.05, 4.69) is 5.32 Å². The van der Waals surface area contributed by atoms with Gasteiger partial charge in [-0.25, -0.2) is 8.78 Å². The summed E-state index contributed by atoms with van der Waals surface area (Å²) in [5.41, 5.74) is -0.146. The third kappa shape index (κ3) is 2.64. The number of piperazine rings is 1. The number of halogens is 3. The fourth-order valence-electron chi connectivity index (χ4n) is 2.23. The minimum atomic E-state index is -0.783. The van der Waals surface area contributed by atoms with Gasteiger partial charge in [0.15, 0.2) is 0 Å². The first-order valence-electron chi connectivity index (χ1n) is 5.84. The first-order valence-corrected chi connectivity index (χ1v) is 6.22. The van der Waals surface area contributed by atoms with Crippen LogP contribution in [0.2, 0.25) is 5.02 Å². The van der Waals surface area contributed by atoms with Crippen LogP contribution in [0.3, 0.4) is 0 Å². The van der Waals surface area contributed by atoms with Crippen LogP contribution in [0.5, 0.6) is 0 Å². The van der Waals surface area contributed by atoms with E-state index in [1.54, 1.807) is 0 Å². The van der Waals surface area contributed by atoms with Gasteiger partial charge in [-0.15, -0.1) is 0 Å². The van der Waals surface area contributed by atoms with Gasteiger partial charge in [-0.3, -0.25) is 4.90 Å². The predicted octanol–water partition coefficient (Wildman–Crippen LogP) is 1.56. The molecule has 1 aromatic rings. The molecule has 2 rings (SSSR count). The molecule has 0 amide bonds. The molecule has 1 aliphatic rings. The summed E-state index contributed by atoms with van der Waals surface area (Å²) in [7, 11) is 0. The van der Waals surface area contributed by atoms with E-state index in [0.717, 1.165) is 19.2 Å². The van der Waals surface area contributed by atoms with Crippen LogP contribution >= 0.6 is 11.6 Å². The Morgan fingerprint density at radius 3 is 2.61 bits per heavy atom. The summed E-state index contributed by atoms with van der Waals surface area (Å²) in [5, 5.41) is 12.5. The molecule has 1 heterocycles. The third-order valence-electron chi connectivity index (χ3n) is 3.18. The number of hydrogen-bond acceptors (Lipinski definition) is 3. The molecule has 1 saturated heterocycles. The Morgan fingerprint density at radius 2 is 2.00 bits per heavy atom. The van der Waals surface area contributed by atoms with Gasteiger partial charge in [0.1, 0.15) is 11.6 Å². The third-order valence-corrected chi connectivity index (χ3v) is 3.47. The lowest BCUT2D eigenvalue weighted by Gasteiger charge is -2.34. The second-order valence-corrected chi connectivity index (χ2v) is 4.65. The van der Waals surface area contributed by atoms with Crippen LogP contribution in [0, 0.1) is 11.6 Å². The molecule has 18 heavy (non-hydrogen) atoms. The van der Waals surface area contributed by atoms with Crippen LogP contribution in [0.1, 0.15) is 11.6 Å². The topological polar surface area (TPSA) is 35.5 Å². The zero-order valence-corrected chi connectivity index (χ0v) is 10.6. The monoisotopic (exact) mass is 276 g/mol. The standard InChI is InChI=1S/C12H15ClF2N2O/c13-8-1-2-9(14)11(12(8)15)10(7-18)17-5-3-16-4-6-17/h1-2,10,16,18H,3-7H2/t10-/m0/s1. The van der Waals surface area contributed by atoms with Crippen LogP contribution in [0.25, 0.3) is 0 Å². The molecule has 0 saturated carbocycles. The smallest absolute Gasteiger partial charge is 0.149 e. The highest BCUT2D eigenvalue weighted by molar-refractivity contribution is 6.30. The van der Waals surface area contributed by atoms with Crippen LogP contribution in [-0.2, 0) is 0 Å². The summed E-state index contributed by atoms with van der Waals surface area (Å²) in [5.74, 6) is -1.45. The average Bonchev–Trinajstić information content (AvgIpc) is 2.40. The molecule has 0 radical (unpaired) electrons. The fraction of sp³-hybridized carbons (Fsp3) is 0.500. The maximum absolute atomic E-state index is 13.9. The van der Waals surface area contributed by atoms with E-state index in [9.17, 15) is 13.9 Å². The lowest BCUT2D eigenvalue weighted by molar-refractivity contribution is 0.105. The summed E-state index contributed by atoms with van der Waals surface area (Å²) in [6, 6.07) is 1.62. The van der Waals surface area contributed by atoms with E-state index in [1.165, 1.54) is 6.07 Å². The van der Waals surface area contributed by atoms with Gasteiger partial charge in [0.05, 0.1) is 17.7 Å². The summed E-state index contributed by atoms with van der Waals surface area (Å²) in [4.78, 5) is 1.86. The second-order valence-electron chi connectivity index (χ2n) is 4.24. The van der Waals surface area contributed by atoms with Crippen molar-refractivity contribution >= 4 is 11.6 Å². The maximum Gasteiger partial charge on any atom is 0.149 e. The normalized spacial score (nSPS) is 18.9. The van der Waals surface area contributed by atoms with Crippen molar-refractivity contribution in [3.8, 4) is 0 Å². The van der Waals surface area contributed by atoms with Gasteiger partial charge in [0.25, 0.3) is 0 Å². The highest BCUT2D eigenvalue weighted by Crippen LogP contribution is 2.29. The first-order chi connectivity index (χ1) is 8.65. The zero-order valence-electron chi connectivity index (χ0n) is 9.80. The number of aliphatic hydroxyl groups is 1. The SMILES string of the molecule is OC[C@@H](c1c(F)ccc(Cl)c1F)N1CCNCC1. The molecule has 100 valence electrons. The van der Waals surface area contributed by atoms with Gasteiger partial charge in [-0.05, 0) is 12.1 Å². The molecule has 0 aliphatic carbocycles. The molecule has 0 aromatic heterocycles. The highest BCUT2D eigenvalue weighted by atomic mass is 35.5. The number of aliphatic hydroxyl groups excluding tert-OH is 1. The Labute approximate surface area is 109 Å². The Morgan fingerprint density at radius 1 is 1.33 bits per heavy atom. The number of nitrogens with zero attached hydrogens (tertiary/aromatic N) is 1. The highest BCUT2D eigenvalue weighted by Gasteiger charge is 2.27. The predicted molar refractivity (Wildman–Crippen MR) is 65.6 cm³/mol. The fourth-order valence-corrected chi connectivity index (χ4v) is 2.40. The lowest BCUT2D eigenvalue weighted by Crippen LogP contribution is -2.46. The Bertz CT molecular complexity index is 425. The van der Waals surface area contributed by atoms with E-state index < -0.39 is 17.7 Å². The summed E-state index contributed by atoms with van der Waals surface area (Å²) in [6.07, 6.45) is 0. The quantitative estimate of drug-likeness (QED) is 0.823. The van der Waals surface area contributed by atoms with Crippen molar-refractivity contribution in [3.63, 3.8) is 0 Å². The molecule has 0 unspecified atom stereocenters. The number of rotatable bonds is 3. The van der Waals surface area contributed by atoms with Crippen molar-refractivity contribution in [2.75, 3.05) is 32.8 Å². The van der Waals surface area contributed by atoms with Crippen molar-refractivity contribution in [3.05, 3.63) is 34.4 Å². The largest absolute Gasteiger partial charge is 0.394 e. The van der Waals surface area contributed by atoms with E-state index in [-0.39, 0.29) is 17.2 Å². The van der Waals surface area contributed by atoms with E-state index in [0.29, 0.717) is 13.1 Å². The average molecular weight is 277 g/mol. The summed E-state index contributed by atoms with van der Waals surface area (Å²) in [6.45, 7) is 2.40. The number of benzene rings is 1. The Balaban J connectivity index is 2.34. The zero-order chi connectivity index (χ0) is 13.1. The van der Waals surface area contributed by atoms with Crippen molar-refractivity contribution < 1.29 is 13.9 Å². The van der Waals surface area contributed by atoms with Gasteiger partial charge in [0.2, 0.25) is 0 Å². The van der Waals surface area contributed by atoms with Gasteiger partial charge in [-0.1, -0.05) is 11.6 Å². The molecular weight excluding hydrogens is 262 g/mol. The minimum absolute atomic E-state index is 0.125. The molecule has 1 atom stereocenters. The molecule has 0 bridgehead atoms. The molecule has 0 spiro atoms. The van der Waals surface area contributed by atoms with Crippen LogP contribution in [0.15, 0.2) is 12.1 Å². The molecule has 2 N–H and O–H groups in total. The van der Waals surface area contributed by atoms with Crippen molar-refractivity contribution in [2.24, 2.45) is 0 Å². The lowest BCUT2D eigenvalue weighted by atomic mass is 10.0. The first kappa shape index (κ1) is 13.7. The Hall–Kier alpha value is -0.750. The molecule has 1 aromatic carbocycles.